The first kappa shape index (κ1) is 10.4. The third-order valence-electron chi connectivity index (χ3n) is 1.79. The van der Waals surface area contributed by atoms with Gasteiger partial charge in [0.25, 0.3) is 0 Å². The predicted octanol–water partition coefficient (Wildman–Crippen LogP) is 2.16. The number of hydrogen-bond acceptors (Lipinski definition) is 4. The van der Waals surface area contributed by atoms with Crippen LogP contribution in [0, 0.1) is 0 Å². The average molecular weight is 202 g/mol. The molecular formula is C8H10O6. The number of carbonyl (C=O) groups is 2. The maximum Gasteiger partial charge on any atom is 0.511 e. The van der Waals surface area contributed by atoms with Crippen LogP contribution in [-0.2, 0) is 9.47 Å². The van der Waals surface area contributed by atoms with E-state index in [9.17, 15) is 9.59 Å². The molecule has 0 aliphatic heterocycles. The van der Waals surface area contributed by atoms with Gasteiger partial charge in [0.05, 0.1) is 0 Å². The van der Waals surface area contributed by atoms with Gasteiger partial charge in [-0.2, -0.15) is 0 Å². The van der Waals surface area contributed by atoms with Gasteiger partial charge in [-0.05, 0) is 12.8 Å². The molecular weight excluding hydrogens is 192 g/mol. The lowest BCUT2D eigenvalue weighted by molar-refractivity contribution is 0.0887. The normalized spacial score (nSPS) is 16.3. The van der Waals surface area contributed by atoms with Crippen LogP contribution in [0.5, 0.6) is 0 Å². The van der Waals surface area contributed by atoms with E-state index in [0.717, 1.165) is 12.8 Å². The van der Waals surface area contributed by atoms with E-state index in [-0.39, 0.29) is 11.5 Å². The molecule has 0 saturated carbocycles. The summed E-state index contributed by atoms with van der Waals surface area (Å²) in [5, 5.41) is 16.7. The topological polar surface area (TPSA) is 93.1 Å². The van der Waals surface area contributed by atoms with Crippen molar-refractivity contribution in [1.82, 2.24) is 0 Å². The van der Waals surface area contributed by atoms with Crippen LogP contribution in [0.4, 0.5) is 9.59 Å². The fraction of sp³-hybridized carbons (Fsp3) is 0.500. The standard InChI is InChI=1S/C8H10O6/c9-7(10)13-5-3-1-2-4-6(5)14-8(11)12/h1-4H2,(H,9,10)(H,11,12). The molecule has 0 aromatic carbocycles. The molecule has 0 heterocycles. The van der Waals surface area contributed by atoms with Crippen molar-refractivity contribution in [2.24, 2.45) is 0 Å². The highest BCUT2D eigenvalue weighted by Crippen LogP contribution is 2.26. The Morgan fingerprint density at radius 3 is 1.57 bits per heavy atom. The highest BCUT2D eigenvalue weighted by molar-refractivity contribution is 5.60. The summed E-state index contributed by atoms with van der Waals surface area (Å²) >= 11 is 0. The molecule has 14 heavy (non-hydrogen) atoms. The van der Waals surface area contributed by atoms with Crippen molar-refractivity contribution in [3.8, 4) is 0 Å². The van der Waals surface area contributed by atoms with Gasteiger partial charge in [-0.1, -0.05) is 0 Å². The summed E-state index contributed by atoms with van der Waals surface area (Å²) in [5.74, 6) is 0.206. The lowest BCUT2D eigenvalue weighted by atomic mass is 10.0. The average Bonchev–Trinajstić information content (AvgIpc) is 2.06. The predicted molar refractivity (Wildman–Crippen MR) is 43.7 cm³/mol. The molecule has 0 amide bonds. The monoisotopic (exact) mass is 202 g/mol. The van der Waals surface area contributed by atoms with Crippen LogP contribution in [0.1, 0.15) is 25.7 Å². The first-order valence-electron chi connectivity index (χ1n) is 4.13. The minimum absolute atomic E-state index is 0.103. The van der Waals surface area contributed by atoms with E-state index in [0.29, 0.717) is 12.8 Å². The zero-order valence-corrected chi connectivity index (χ0v) is 7.36. The molecule has 2 N–H and O–H groups in total. The van der Waals surface area contributed by atoms with Crippen molar-refractivity contribution >= 4 is 12.3 Å². The molecule has 1 aliphatic rings. The highest BCUT2D eigenvalue weighted by Gasteiger charge is 2.20. The number of allylic oxidation sites excluding steroid dienone is 2. The zero-order chi connectivity index (χ0) is 10.6. The molecule has 0 aromatic heterocycles. The van der Waals surface area contributed by atoms with Crippen LogP contribution in [0.25, 0.3) is 0 Å². The Hall–Kier alpha value is -1.72. The number of rotatable bonds is 2. The number of carboxylic acid groups (broad SMARTS) is 2. The quantitative estimate of drug-likeness (QED) is 0.666. The van der Waals surface area contributed by atoms with Gasteiger partial charge in [0.2, 0.25) is 0 Å². The summed E-state index contributed by atoms with van der Waals surface area (Å²) in [5.41, 5.74) is 0. The summed E-state index contributed by atoms with van der Waals surface area (Å²) in [6, 6.07) is 0. The number of hydrogen-bond donors (Lipinski definition) is 2. The van der Waals surface area contributed by atoms with E-state index in [4.69, 9.17) is 10.2 Å². The molecule has 0 unspecified atom stereocenters. The molecule has 0 spiro atoms. The Morgan fingerprint density at radius 2 is 1.29 bits per heavy atom. The van der Waals surface area contributed by atoms with Crippen molar-refractivity contribution in [3.63, 3.8) is 0 Å². The first-order valence-corrected chi connectivity index (χ1v) is 4.13. The summed E-state index contributed by atoms with van der Waals surface area (Å²) < 4.78 is 8.83. The lowest BCUT2D eigenvalue weighted by Gasteiger charge is -2.16. The fourth-order valence-corrected chi connectivity index (χ4v) is 1.28. The van der Waals surface area contributed by atoms with E-state index in [2.05, 4.69) is 9.47 Å². The van der Waals surface area contributed by atoms with Crippen molar-refractivity contribution in [3.05, 3.63) is 11.5 Å². The van der Waals surface area contributed by atoms with Gasteiger partial charge in [0.1, 0.15) is 11.5 Å². The van der Waals surface area contributed by atoms with Crippen LogP contribution >= 0.6 is 0 Å². The third-order valence-corrected chi connectivity index (χ3v) is 1.79. The zero-order valence-electron chi connectivity index (χ0n) is 7.36. The van der Waals surface area contributed by atoms with Gasteiger partial charge >= 0.3 is 12.3 Å². The summed E-state index contributed by atoms with van der Waals surface area (Å²) in [6.45, 7) is 0. The van der Waals surface area contributed by atoms with E-state index < -0.39 is 12.3 Å². The van der Waals surface area contributed by atoms with Gasteiger partial charge in [0.15, 0.2) is 0 Å². The summed E-state index contributed by atoms with van der Waals surface area (Å²) in [7, 11) is 0. The van der Waals surface area contributed by atoms with E-state index in [1.54, 1.807) is 0 Å². The van der Waals surface area contributed by atoms with E-state index >= 15 is 0 Å². The molecule has 78 valence electrons. The number of ether oxygens (including phenoxy) is 2. The highest BCUT2D eigenvalue weighted by atomic mass is 16.7. The Kier molecular flexibility index (Phi) is 3.33. The molecule has 6 nitrogen and oxygen atoms in total. The summed E-state index contributed by atoms with van der Waals surface area (Å²) in [4.78, 5) is 20.5. The fourth-order valence-electron chi connectivity index (χ4n) is 1.28. The summed E-state index contributed by atoms with van der Waals surface area (Å²) in [6.07, 6.45) is -0.560. The van der Waals surface area contributed by atoms with Gasteiger partial charge < -0.3 is 19.7 Å². The Balaban J connectivity index is 2.73. The van der Waals surface area contributed by atoms with Crippen molar-refractivity contribution in [2.75, 3.05) is 0 Å². The van der Waals surface area contributed by atoms with Crippen molar-refractivity contribution < 1.29 is 29.3 Å². The molecule has 0 fully saturated rings. The largest absolute Gasteiger partial charge is 0.511 e. The second-order valence-corrected chi connectivity index (χ2v) is 2.79. The van der Waals surface area contributed by atoms with Crippen LogP contribution in [0.3, 0.4) is 0 Å². The van der Waals surface area contributed by atoms with Gasteiger partial charge in [-0.25, -0.2) is 9.59 Å². The van der Waals surface area contributed by atoms with Crippen LogP contribution in [0.15, 0.2) is 11.5 Å². The molecule has 1 aliphatic carbocycles. The minimum atomic E-state index is -1.45. The Bertz CT molecular complexity index is 252. The van der Waals surface area contributed by atoms with E-state index in [1.165, 1.54) is 0 Å². The van der Waals surface area contributed by atoms with Crippen LogP contribution in [-0.4, -0.2) is 22.5 Å². The Morgan fingerprint density at radius 1 is 0.929 bits per heavy atom. The molecule has 0 radical (unpaired) electrons. The molecule has 0 atom stereocenters. The van der Waals surface area contributed by atoms with Gasteiger partial charge in [0, 0.05) is 12.8 Å². The van der Waals surface area contributed by atoms with Crippen molar-refractivity contribution in [1.29, 1.82) is 0 Å². The van der Waals surface area contributed by atoms with Crippen LogP contribution in [0.2, 0.25) is 0 Å². The lowest BCUT2D eigenvalue weighted by Crippen LogP contribution is -2.11. The van der Waals surface area contributed by atoms with Gasteiger partial charge in [-0.3, -0.25) is 0 Å². The first-order chi connectivity index (χ1) is 6.59. The van der Waals surface area contributed by atoms with Crippen molar-refractivity contribution in [2.45, 2.75) is 25.7 Å². The third kappa shape index (κ3) is 2.96. The molecule has 0 bridgehead atoms. The van der Waals surface area contributed by atoms with E-state index in [1.807, 2.05) is 0 Å². The Labute approximate surface area is 79.7 Å². The second-order valence-electron chi connectivity index (χ2n) is 2.79. The molecule has 0 aromatic rings. The smallest absolute Gasteiger partial charge is 0.449 e. The second kappa shape index (κ2) is 4.50. The SMILES string of the molecule is O=C(O)OC1=C(OC(=O)O)CCCC1. The minimum Gasteiger partial charge on any atom is -0.449 e. The maximum atomic E-state index is 10.2. The molecule has 6 heteroatoms. The maximum absolute atomic E-state index is 10.2. The molecule has 0 saturated heterocycles. The van der Waals surface area contributed by atoms with Gasteiger partial charge in [-0.15, -0.1) is 0 Å². The molecule has 1 rings (SSSR count). The van der Waals surface area contributed by atoms with Crippen LogP contribution < -0.4 is 0 Å².